The molecule has 10 heteroatoms. The van der Waals surface area contributed by atoms with E-state index in [0.29, 0.717) is 28.5 Å². The molecule has 0 atom stereocenters. The molecule has 0 amide bonds. The molecule has 4 N–H and O–H groups in total. The Bertz CT molecular complexity index is 1420. The molecule has 0 saturated carbocycles. The SMILES string of the molecule is Cc1nn(-c2ccccc2)c(N)c1/N=N/c1ccccc1S(=O)(=O)Nc1cccc(CO)c1. The van der Waals surface area contributed by atoms with Crippen molar-refractivity contribution in [2.24, 2.45) is 10.2 Å². The van der Waals surface area contributed by atoms with Crippen molar-refractivity contribution in [1.29, 1.82) is 0 Å². The van der Waals surface area contributed by atoms with Crippen molar-refractivity contribution in [2.45, 2.75) is 18.4 Å². The number of para-hydroxylation sites is 1. The summed E-state index contributed by atoms with van der Waals surface area (Å²) in [5, 5.41) is 22.1. The van der Waals surface area contributed by atoms with Crippen molar-refractivity contribution in [2.75, 3.05) is 10.5 Å². The Morgan fingerprint density at radius 1 is 1.00 bits per heavy atom. The van der Waals surface area contributed by atoms with Gasteiger partial charge in [0.25, 0.3) is 10.0 Å². The fourth-order valence-electron chi connectivity index (χ4n) is 3.24. The van der Waals surface area contributed by atoms with E-state index in [9.17, 15) is 13.5 Å². The number of nitrogen functional groups attached to an aromatic ring is 1. The number of nitrogens with two attached hydrogens (primary N) is 1. The molecule has 0 bridgehead atoms. The zero-order valence-electron chi connectivity index (χ0n) is 17.8. The molecule has 0 aliphatic rings. The maximum atomic E-state index is 13.0. The molecule has 33 heavy (non-hydrogen) atoms. The highest BCUT2D eigenvalue weighted by molar-refractivity contribution is 7.92. The van der Waals surface area contributed by atoms with Crippen LogP contribution in [0, 0.1) is 6.92 Å². The minimum absolute atomic E-state index is 0.0465. The van der Waals surface area contributed by atoms with E-state index in [4.69, 9.17) is 5.73 Å². The molecule has 3 aromatic carbocycles. The highest BCUT2D eigenvalue weighted by atomic mass is 32.2. The number of azo groups is 1. The number of nitrogens with zero attached hydrogens (tertiary/aromatic N) is 4. The van der Waals surface area contributed by atoms with E-state index in [0.717, 1.165) is 5.69 Å². The van der Waals surface area contributed by atoms with E-state index < -0.39 is 10.0 Å². The summed E-state index contributed by atoms with van der Waals surface area (Å²) in [5.74, 6) is 0.293. The molecular formula is C23H22N6O3S. The minimum Gasteiger partial charge on any atom is -0.392 e. The lowest BCUT2D eigenvalue weighted by molar-refractivity contribution is 0.282. The number of nitrogens with one attached hydrogen (secondary N) is 1. The van der Waals surface area contributed by atoms with Crippen molar-refractivity contribution in [3.8, 4) is 5.69 Å². The molecule has 4 rings (SSSR count). The second kappa shape index (κ2) is 9.23. The van der Waals surface area contributed by atoms with Gasteiger partial charge >= 0.3 is 0 Å². The molecule has 0 radical (unpaired) electrons. The van der Waals surface area contributed by atoms with Crippen molar-refractivity contribution in [3.63, 3.8) is 0 Å². The molecule has 0 spiro atoms. The maximum Gasteiger partial charge on any atom is 0.264 e. The molecule has 168 valence electrons. The van der Waals surface area contributed by atoms with Crippen LogP contribution in [0.5, 0.6) is 0 Å². The van der Waals surface area contributed by atoms with Crippen LogP contribution < -0.4 is 10.5 Å². The number of hydrogen-bond acceptors (Lipinski definition) is 7. The lowest BCUT2D eigenvalue weighted by Gasteiger charge is -2.10. The molecule has 0 unspecified atom stereocenters. The second-order valence-electron chi connectivity index (χ2n) is 7.20. The van der Waals surface area contributed by atoms with Crippen LogP contribution in [0.4, 0.5) is 22.9 Å². The number of anilines is 2. The summed E-state index contributed by atoms with van der Waals surface area (Å²) in [6.45, 7) is 1.56. The van der Waals surface area contributed by atoms with Crippen LogP contribution in [0.25, 0.3) is 5.69 Å². The van der Waals surface area contributed by atoms with Gasteiger partial charge in [-0.2, -0.15) is 5.10 Å². The lowest BCUT2D eigenvalue weighted by atomic mass is 10.2. The molecule has 0 aliphatic heterocycles. The van der Waals surface area contributed by atoms with Gasteiger partial charge in [-0.15, -0.1) is 10.2 Å². The third kappa shape index (κ3) is 4.76. The predicted octanol–water partition coefficient (Wildman–Crippen LogP) is 4.47. The van der Waals surface area contributed by atoms with Crippen molar-refractivity contribution in [1.82, 2.24) is 9.78 Å². The van der Waals surface area contributed by atoms with Crippen LogP contribution in [0.15, 0.2) is 94.0 Å². The Morgan fingerprint density at radius 3 is 2.48 bits per heavy atom. The standard InChI is InChI=1S/C23H22N6O3S/c1-16-22(23(24)29(27-16)19-10-3-2-4-11-19)26-25-20-12-5-6-13-21(20)33(31,32)28-18-9-7-8-17(14-18)15-30/h2-14,28,30H,15,24H2,1H3/b26-25+. The van der Waals surface area contributed by atoms with E-state index in [1.165, 1.54) is 6.07 Å². The van der Waals surface area contributed by atoms with Gasteiger partial charge in [-0.3, -0.25) is 4.72 Å². The van der Waals surface area contributed by atoms with Gasteiger partial charge in [0, 0.05) is 5.69 Å². The maximum absolute atomic E-state index is 13.0. The van der Waals surface area contributed by atoms with E-state index >= 15 is 0 Å². The Hall–Kier alpha value is -4.02. The first kappa shape index (κ1) is 22.2. The van der Waals surface area contributed by atoms with Gasteiger partial charge in [0.2, 0.25) is 0 Å². The van der Waals surface area contributed by atoms with Crippen LogP contribution in [0.2, 0.25) is 0 Å². The summed E-state index contributed by atoms with van der Waals surface area (Å²) in [7, 11) is -3.97. The smallest absolute Gasteiger partial charge is 0.264 e. The second-order valence-corrected chi connectivity index (χ2v) is 8.85. The predicted molar refractivity (Wildman–Crippen MR) is 127 cm³/mol. The minimum atomic E-state index is -3.97. The number of rotatable bonds is 7. The first-order valence-electron chi connectivity index (χ1n) is 10.0. The molecule has 0 saturated heterocycles. The molecule has 1 heterocycles. The van der Waals surface area contributed by atoms with Crippen LogP contribution >= 0.6 is 0 Å². The van der Waals surface area contributed by atoms with Gasteiger partial charge < -0.3 is 10.8 Å². The Kier molecular flexibility index (Phi) is 6.20. The molecular weight excluding hydrogens is 440 g/mol. The van der Waals surface area contributed by atoms with Crippen LogP contribution in [0.3, 0.4) is 0 Å². The van der Waals surface area contributed by atoms with Gasteiger partial charge in [0.1, 0.15) is 10.6 Å². The van der Waals surface area contributed by atoms with E-state index in [2.05, 4.69) is 20.0 Å². The summed E-state index contributed by atoms with van der Waals surface area (Å²) in [6, 6.07) is 22.1. The van der Waals surface area contributed by atoms with Crippen molar-refractivity contribution < 1.29 is 13.5 Å². The van der Waals surface area contributed by atoms with Gasteiger partial charge in [-0.25, -0.2) is 13.1 Å². The van der Waals surface area contributed by atoms with Crippen LogP contribution in [0.1, 0.15) is 11.3 Å². The molecule has 0 aliphatic carbocycles. The summed E-state index contributed by atoms with van der Waals surface area (Å²) in [6.07, 6.45) is 0. The number of benzene rings is 3. The van der Waals surface area contributed by atoms with Gasteiger partial charge in [-0.1, -0.05) is 42.5 Å². The number of aliphatic hydroxyl groups excluding tert-OH is 1. The third-order valence-corrected chi connectivity index (χ3v) is 6.27. The summed E-state index contributed by atoms with van der Waals surface area (Å²) >= 11 is 0. The Labute approximate surface area is 191 Å². The summed E-state index contributed by atoms with van der Waals surface area (Å²) in [5.41, 5.74) is 9.00. The first-order valence-corrected chi connectivity index (χ1v) is 11.5. The van der Waals surface area contributed by atoms with E-state index in [1.54, 1.807) is 54.1 Å². The number of aryl methyl sites for hydroxylation is 1. The zero-order chi connectivity index (χ0) is 23.4. The number of aliphatic hydroxyl groups is 1. The molecule has 1 aromatic heterocycles. The Morgan fingerprint density at radius 2 is 1.73 bits per heavy atom. The number of aromatic nitrogens is 2. The first-order chi connectivity index (χ1) is 15.9. The van der Waals surface area contributed by atoms with Crippen molar-refractivity contribution in [3.05, 3.63) is 90.1 Å². The monoisotopic (exact) mass is 462 g/mol. The topological polar surface area (TPSA) is 135 Å². The van der Waals surface area contributed by atoms with Crippen LogP contribution in [-0.2, 0) is 16.6 Å². The average Bonchev–Trinajstić information content (AvgIpc) is 3.11. The Balaban J connectivity index is 1.67. The largest absolute Gasteiger partial charge is 0.392 e. The van der Waals surface area contributed by atoms with Crippen molar-refractivity contribution >= 4 is 32.9 Å². The van der Waals surface area contributed by atoms with Gasteiger partial charge in [0.05, 0.1) is 18.0 Å². The molecule has 4 aromatic rings. The summed E-state index contributed by atoms with van der Waals surface area (Å²) < 4.78 is 30.2. The zero-order valence-corrected chi connectivity index (χ0v) is 18.6. The van der Waals surface area contributed by atoms with E-state index in [-0.39, 0.29) is 17.2 Å². The average molecular weight is 463 g/mol. The molecule has 9 nitrogen and oxygen atoms in total. The number of sulfonamides is 1. The fourth-order valence-corrected chi connectivity index (χ4v) is 4.43. The third-order valence-electron chi connectivity index (χ3n) is 4.84. The van der Waals surface area contributed by atoms with Gasteiger partial charge in [-0.05, 0) is 48.9 Å². The van der Waals surface area contributed by atoms with Gasteiger partial charge in [0.15, 0.2) is 11.5 Å². The van der Waals surface area contributed by atoms with Crippen LogP contribution in [-0.4, -0.2) is 23.3 Å². The fraction of sp³-hybridized carbons (Fsp3) is 0.0870. The number of hydrogen-bond donors (Lipinski definition) is 3. The molecule has 0 fully saturated rings. The highest BCUT2D eigenvalue weighted by Crippen LogP contribution is 2.32. The van der Waals surface area contributed by atoms with E-state index in [1.807, 2.05) is 30.3 Å². The summed E-state index contributed by atoms with van der Waals surface area (Å²) in [4.78, 5) is -0.0465. The highest BCUT2D eigenvalue weighted by Gasteiger charge is 2.19. The quantitative estimate of drug-likeness (QED) is 0.348. The lowest BCUT2D eigenvalue weighted by Crippen LogP contribution is -2.13. The normalized spacial score (nSPS) is 11.7.